The molecule has 0 spiro atoms. The van der Waals surface area contributed by atoms with Gasteiger partial charge in [0.25, 0.3) is 0 Å². The lowest BCUT2D eigenvalue weighted by atomic mass is 10.1. The van der Waals surface area contributed by atoms with Crippen LogP contribution in [0.25, 0.3) is 0 Å². The minimum Gasteiger partial charge on any atom is -0.293 e. The fraction of sp³-hybridized carbons (Fsp3) is 0.500. The van der Waals surface area contributed by atoms with Crippen molar-refractivity contribution in [1.82, 2.24) is 4.90 Å². The van der Waals surface area contributed by atoms with Crippen molar-refractivity contribution in [2.75, 3.05) is 19.3 Å². The van der Waals surface area contributed by atoms with Gasteiger partial charge in [-0.2, -0.15) is 13.2 Å². The number of ketones is 1. The van der Waals surface area contributed by atoms with Crippen LogP contribution in [-0.4, -0.2) is 42.2 Å². The molecule has 1 aromatic carbocycles. The largest absolute Gasteiger partial charge is 0.401 e. The van der Waals surface area contributed by atoms with Crippen molar-refractivity contribution in [2.24, 2.45) is 0 Å². The molecule has 0 heterocycles. The summed E-state index contributed by atoms with van der Waals surface area (Å²) in [4.78, 5) is 14.2. The minimum absolute atomic E-state index is 0.226. The predicted octanol–water partition coefficient (Wildman–Crippen LogP) is 3.86. The number of Topliss-reactive ketones (excluding diaryl/α,β-unsaturated/α-hetero) is 1. The van der Waals surface area contributed by atoms with Crippen LogP contribution in [-0.2, 0) is 0 Å². The highest BCUT2D eigenvalue weighted by molar-refractivity contribution is 7.98. The molecular weight excluding hydrogens is 287 g/mol. The van der Waals surface area contributed by atoms with E-state index in [0.717, 1.165) is 9.80 Å². The molecule has 112 valence electrons. The summed E-state index contributed by atoms with van der Waals surface area (Å²) in [5.41, 5.74) is 0.440. The molecule has 1 aromatic rings. The average Bonchev–Trinajstić information content (AvgIpc) is 2.36. The van der Waals surface area contributed by atoms with E-state index in [4.69, 9.17) is 0 Å². The Morgan fingerprint density at radius 3 is 2.20 bits per heavy atom. The summed E-state index contributed by atoms with van der Waals surface area (Å²) in [6.45, 7) is 2.00. The van der Waals surface area contributed by atoms with E-state index < -0.39 is 12.7 Å². The van der Waals surface area contributed by atoms with Crippen LogP contribution in [0.4, 0.5) is 13.2 Å². The number of hydrogen-bond acceptors (Lipinski definition) is 3. The van der Waals surface area contributed by atoms with Crippen molar-refractivity contribution in [3.05, 3.63) is 29.8 Å². The van der Waals surface area contributed by atoms with Crippen molar-refractivity contribution in [1.29, 1.82) is 0 Å². The molecular formula is C14H18F3NOS. The second-order valence-electron chi connectivity index (χ2n) is 4.77. The van der Waals surface area contributed by atoms with Gasteiger partial charge in [0.2, 0.25) is 0 Å². The normalized spacial score (nSPS) is 12.2. The predicted molar refractivity (Wildman–Crippen MR) is 75.3 cm³/mol. The summed E-state index contributed by atoms with van der Waals surface area (Å²) >= 11 is 1.55. The van der Waals surface area contributed by atoms with Crippen molar-refractivity contribution in [3.8, 4) is 0 Å². The van der Waals surface area contributed by atoms with Gasteiger partial charge in [-0.25, -0.2) is 0 Å². The fourth-order valence-corrected chi connectivity index (χ4v) is 2.11. The van der Waals surface area contributed by atoms with Gasteiger partial charge in [0.15, 0.2) is 5.78 Å². The molecule has 0 aliphatic heterocycles. The summed E-state index contributed by atoms with van der Waals surface area (Å²) in [5, 5.41) is 0. The van der Waals surface area contributed by atoms with Crippen molar-refractivity contribution in [2.45, 2.75) is 31.0 Å². The van der Waals surface area contributed by atoms with E-state index >= 15 is 0 Å². The standard InChI is InChI=1S/C14H18F3NOS/c1-10(2)18(9-14(15,16)17)8-13(19)11-4-6-12(20-3)7-5-11/h4-7,10H,8-9H2,1-3H3. The molecule has 0 bridgehead atoms. The van der Waals surface area contributed by atoms with Crippen molar-refractivity contribution in [3.63, 3.8) is 0 Å². The number of alkyl halides is 3. The topological polar surface area (TPSA) is 20.3 Å². The van der Waals surface area contributed by atoms with Crippen LogP contribution in [0.15, 0.2) is 29.2 Å². The first-order valence-corrected chi connectivity index (χ1v) is 7.43. The molecule has 6 heteroatoms. The Kier molecular flexibility index (Phi) is 6.07. The molecule has 0 atom stereocenters. The van der Waals surface area contributed by atoms with Gasteiger partial charge in [-0.1, -0.05) is 12.1 Å². The first-order valence-electron chi connectivity index (χ1n) is 6.21. The molecule has 0 radical (unpaired) electrons. The third-order valence-corrected chi connectivity index (χ3v) is 3.61. The van der Waals surface area contributed by atoms with Crippen LogP contribution in [0, 0.1) is 0 Å². The number of benzene rings is 1. The zero-order valence-electron chi connectivity index (χ0n) is 11.7. The maximum atomic E-state index is 12.5. The lowest BCUT2D eigenvalue weighted by molar-refractivity contribution is -0.148. The van der Waals surface area contributed by atoms with E-state index in [1.165, 1.54) is 0 Å². The monoisotopic (exact) mass is 305 g/mol. The van der Waals surface area contributed by atoms with Crippen molar-refractivity contribution < 1.29 is 18.0 Å². The second kappa shape index (κ2) is 7.13. The number of carbonyl (C=O) groups excluding carboxylic acids is 1. The van der Waals surface area contributed by atoms with Gasteiger partial charge in [-0.05, 0) is 32.2 Å². The highest BCUT2D eigenvalue weighted by Crippen LogP contribution is 2.19. The SMILES string of the molecule is CSc1ccc(C(=O)CN(CC(F)(F)F)C(C)C)cc1. The fourth-order valence-electron chi connectivity index (χ4n) is 1.70. The summed E-state index contributed by atoms with van der Waals surface area (Å²) in [7, 11) is 0. The summed E-state index contributed by atoms with van der Waals surface area (Å²) < 4.78 is 37.4. The smallest absolute Gasteiger partial charge is 0.293 e. The van der Waals surface area contributed by atoms with Gasteiger partial charge < -0.3 is 0 Å². The lowest BCUT2D eigenvalue weighted by Gasteiger charge is -2.26. The average molecular weight is 305 g/mol. The zero-order chi connectivity index (χ0) is 15.3. The van der Waals surface area contributed by atoms with E-state index in [9.17, 15) is 18.0 Å². The van der Waals surface area contributed by atoms with E-state index in [1.807, 2.05) is 6.26 Å². The molecule has 0 N–H and O–H groups in total. The van der Waals surface area contributed by atoms with E-state index in [0.29, 0.717) is 5.56 Å². The number of thioether (sulfide) groups is 1. The van der Waals surface area contributed by atoms with Gasteiger partial charge in [-0.3, -0.25) is 9.69 Å². The molecule has 1 rings (SSSR count). The Bertz CT molecular complexity index is 443. The van der Waals surface area contributed by atoms with Crippen LogP contribution in [0.5, 0.6) is 0 Å². The van der Waals surface area contributed by atoms with Crippen LogP contribution < -0.4 is 0 Å². The van der Waals surface area contributed by atoms with Gasteiger partial charge >= 0.3 is 6.18 Å². The zero-order valence-corrected chi connectivity index (χ0v) is 12.5. The van der Waals surface area contributed by atoms with Crippen LogP contribution in [0.3, 0.4) is 0 Å². The molecule has 0 saturated heterocycles. The number of carbonyl (C=O) groups is 1. The first kappa shape index (κ1) is 17.0. The van der Waals surface area contributed by atoms with Crippen LogP contribution in [0.1, 0.15) is 24.2 Å². The lowest BCUT2D eigenvalue weighted by Crippen LogP contribution is -2.42. The quantitative estimate of drug-likeness (QED) is 0.588. The number of hydrogen-bond donors (Lipinski definition) is 0. The minimum atomic E-state index is -4.30. The highest BCUT2D eigenvalue weighted by atomic mass is 32.2. The Morgan fingerprint density at radius 1 is 1.25 bits per heavy atom. The van der Waals surface area contributed by atoms with Crippen LogP contribution in [0.2, 0.25) is 0 Å². The molecule has 20 heavy (non-hydrogen) atoms. The molecule has 0 aromatic heterocycles. The van der Waals surface area contributed by atoms with Crippen LogP contribution >= 0.6 is 11.8 Å². The Hall–Kier alpha value is -1.01. The molecule has 0 amide bonds. The second-order valence-corrected chi connectivity index (χ2v) is 5.65. The van der Waals surface area contributed by atoms with E-state index in [1.54, 1.807) is 49.9 Å². The number of nitrogens with zero attached hydrogens (tertiary/aromatic N) is 1. The summed E-state index contributed by atoms with van der Waals surface area (Å²) in [5.74, 6) is -0.296. The van der Waals surface area contributed by atoms with Gasteiger partial charge in [0.1, 0.15) is 0 Å². The van der Waals surface area contributed by atoms with Gasteiger partial charge in [0, 0.05) is 16.5 Å². The van der Waals surface area contributed by atoms with Gasteiger partial charge in [-0.15, -0.1) is 11.8 Å². The summed E-state index contributed by atoms with van der Waals surface area (Å²) in [6, 6.07) is 6.55. The molecule has 0 aliphatic rings. The Labute approximate surface area is 121 Å². The Balaban J connectivity index is 2.74. The molecule has 0 saturated carbocycles. The Morgan fingerprint density at radius 2 is 1.80 bits per heavy atom. The highest BCUT2D eigenvalue weighted by Gasteiger charge is 2.32. The maximum absolute atomic E-state index is 12.5. The number of halogens is 3. The third-order valence-electron chi connectivity index (χ3n) is 2.87. The first-order chi connectivity index (χ1) is 9.23. The third kappa shape index (κ3) is 5.54. The molecule has 0 fully saturated rings. The molecule has 0 unspecified atom stereocenters. The van der Waals surface area contributed by atoms with E-state index in [-0.39, 0.29) is 18.4 Å². The van der Waals surface area contributed by atoms with E-state index in [2.05, 4.69) is 0 Å². The summed E-state index contributed by atoms with van der Waals surface area (Å²) in [6.07, 6.45) is -2.38. The van der Waals surface area contributed by atoms with Crippen molar-refractivity contribution >= 4 is 17.5 Å². The molecule has 2 nitrogen and oxygen atoms in total. The maximum Gasteiger partial charge on any atom is 0.401 e. The number of rotatable bonds is 6. The molecule has 0 aliphatic carbocycles. The van der Waals surface area contributed by atoms with Gasteiger partial charge in [0.05, 0.1) is 13.1 Å².